The zero-order valence-electron chi connectivity index (χ0n) is 11.5. The van der Waals surface area contributed by atoms with Crippen molar-refractivity contribution in [2.75, 3.05) is 18.5 Å². The van der Waals surface area contributed by atoms with Crippen LogP contribution in [0, 0.1) is 5.92 Å². The molecular formula is C14H19N5O. The normalized spacial score (nSPS) is 20.1. The molecule has 1 aliphatic rings. The first kappa shape index (κ1) is 12.9. The van der Waals surface area contributed by atoms with E-state index in [1.807, 2.05) is 12.3 Å². The highest BCUT2D eigenvalue weighted by Gasteiger charge is 2.20. The van der Waals surface area contributed by atoms with Crippen LogP contribution in [0.25, 0.3) is 11.0 Å². The van der Waals surface area contributed by atoms with Crippen LogP contribution < -0.4 is 11.2 Å². The van der Waals surface area contributed by atoms with Gasteiger partial charge in [-0.1, -0.05) is 6.92 Å². The van der Waals surface area contributed by atoms with Crippen molar-refractivity contribution in [3.63, 3.8) is 0 Å². The lowest BCUT2D eigenvalue weighted by Crippen LogP contribution is -2.39. The molecule has 1 fully saturated rings. The maximum absolute atomic E-state index is 11.6. The average molecular weight is 273 g/mol. The van der Waals surface area contributed by atoms with Gasteiger partial charge < -0.3 is 16.1 Å². The summed E-state index contributed by atoms with van der Waals surface area (Å²) in [5.74, 6) is 0.185. The van der Waals surface area contributed by atoms with E-state index in [4.69, 9.17) is 5.73 Å². The van der Waals surface area contributed by atoms with Gasteiger partial charge in [0.2, 0.25) is 0 Å². The second kappa shape index (κ2) is 5.13. The summed E-state index contributed by atoms with van der Waals surface area (Å²) in [4.78, 5) is 18.9. The predicted octanol–water partition coefficient (Wildman–Crippen LogP) is 1.72. The van der Waals surface area contributed by atoms with E-state index in [9.17, 15) is 4.79 Å². The van der Waals surface area contributed by atoms with Crippen molar-refractivity contribution in [2.24, 2.45) is 11.7 Å². The lowest BCUT2D eigenvalue weighted by Gasteiger charge is -2.32. The number of H-pyrrole nitrogens is 1. The number of anilines is 1. The molecule has 4 N–H and O–H groups in total. The van der Waals surface area contributed by atoms with Crippen molar-refractivity contribution < 1.29 is 4.79 Å². The van der Waals surface area contributed by atoms with Gasteiger partial charge in [-0.25, -0.2) is 9.99 Å². The number of nitrogens with two attached hydrogens (primary N) is 1. The fraction of sp³-hybridized carbons (Fsp3) is 0.429. The molecule has 6 nitrogen and oxygen atoms in total. The van der Waals surface area contributed by atoms with E-state index in [-0.39, 0.29) is 0 Å². The van der Waals surface area contributed by atoms with Crippen LogP contribution in [0.2, 0.25) is 0 Å². The summed E-state index contributed by atoms with van der Waals surface area (Å²) in [5, 5.41) is 3.04. The molecule has 1 amide bonds. The molecule has 20 heavy (non-hydrogen) atoms. The number of nitrogens with one attached hydrogen (secondary N) is 2. The van der Waals surface area contributed by atoms with Gasteiger partial charge in [-0.05, 0) is 24.8 Å². The topological polar surface area (TPSA) is 87.0 Å². The van der Waals surface area contributed by atoms with E-state index >= 15 is 0 Å². The molecule has 0 aliphatic carbocycles. The van der Waals surface area contributed by atoms with Gasteiger partial charge in [-0.2, -0.15) is 0 Å². The standard InChI is InChI=1S/C14H19N5O/c1-9-3-2-6-19(8-9)18-12-10-4-5-16-14(10)17-7-11(12)13(15)20/h4-5,7,9H,2-3,6,8H2,1H3,(H2,15,20)(H2,16,17,18). The first-order valence-corrected chi connectivity index (χ1v) is 6.92. The molecule has 6 heteroatoms. The van der Waals surface area contributed by atoms with Crippen molar-refractivity contribution in [3.05, 3.63) is 24.0 Å². The van der Waals surface area contributed by atoms with Crippen molar-refractivity contribution in [3.8, 4) is 0 Å². The van der Waals surface area contributed by atoms with E-state index in [0.717, 1.165) is 36.2 Å². The maximum Gasteiger partial charge on any atom is 0.252 e. The van der Waals surface area contributed by atoms with E-state index in [2.05, 4.69) is 27.3 Å². The largest absolute Gasteiger partial charge is 0.365 e. The summed E-state index contributed by atoms with van der Waals surface area (Å²) in [6, 6.07) is 1.91. The Kier molecular flexibility index (Phi) is 3.31. The Morgan fingerprint density at radius 2 is 2.45 bits per heavy atom. The number of hydrogen-bond donors (Lipinski definition) is 3. The van der Waals surface area contributed by atoms with Gasteiger partial charge in [-0.15, -0.1) is 0 Å². The van der Waals surface area contributed by atoms with Crippen LogP contribution in [0.15, 0.2) is 18.5 Å². The minimum absolute atomic E-state index is 0.426. The summed E-state index contributed by atoms with van der Waals surface area (Å²) in [7, 11) is 0. The number of piperidine rings is 1. The van der Waals surface area contributed by atoms with Crippen LogP contribution in [0.4, 0.5) is 5.69 Å². The molecule has 2 aromatic rings. The van der Waals surface area contributed by atoms with E-state index in [1.165, 1.54) is 12.6 Å². The molecule has 0 saturated carbocycles. The number of primary amides is 1. The summed E-state index contributed by atoms with van der Waals surface area (Å²) < 4.78 is 0. The minimum Gasteiger partial charge on any atom is -0.365 e. The van der Waals surface area contributed by atoms with Crippen LogP contribution in [-0.2, 0) is 0 Å². The maximum atomic E-state index is 11.6. The Bertz CT molecular complexity index is 636. The molecule has 106 valence electrons. The van der Waals surface area contributed by atoms with Gasteiger partial charge in [0, 0.05) is 30.9 Å². The Morgan fingerprint density at radius 1 is 1.60 bits per heavy atom. The number of hydrogen-bond acceptors (Lipinski definition) is 4. The van der Waals surface area contributed by atoms with Gasteiger partial charge in [0.05, 0.1) is 11.3 Å². The monoisotopic (exact) mass is 273 g/mol. The number of pyridine rings is 1. The third-order valence-corrected chi connectivity index (χ3v) is 3.78. The van der Waals surface area contributed by atoms with Crippen LogP contribution in [0.5, 0.6) is 0 Å². The average Bonchev–Trinajstić information content (AvgIpc) is 2.87. The number of fused-ring (bicyclic) bond motifs is 1. The molecule has 0 bridgehead atoms. The minimum atomic E-state index is -0.465. The number of hydrazine groups is 1. The molecule has 1 aliphatic heterocycles. The summed E-state index contributed by atoms with van der Waals surface area (Å²) >= 11 is 0. The van der Waals surface area contributed by atoms with Gasteiger partial charge in [0.1, 0.15) is 5.65 Å². The molecule has 3 heterocycles. The van der Waals surface area contributed by atoms with Crippen LogP contribution in [0.3, 0.4) is 0 Å². The second-order valence-corrected chi connectivity index (χ2v) is 5.46. The molecule has 1 unspecified atom stereocenters. The zero-order valence-corrected chi connectivity index (χ0v) is 11.5. The Labute approximate surface area is 117 Å². The number of aromatic amines is 1. The van der Waals surface area contributed by atoms with Crippen molar-refractivity contribution in [2.45, 2.75) is 19.8 Å². The molecule has 2 aromatic heterocycles. The Morgan fingerprint density at radius 3 is 3.20 bits per heavy atom. The number of nitrogens with zero attached hydrogens (tertiary/aromatic N) is 2. The molecule has 1 saturated heterocycles. The van der Waals surface area contributed by atoms with E-state index in [0.29, 0.717) is 11.5 Å². The highest BCUT2D eigenvalue weighted by molar-refractivity contribution is 6.05. The number of carbonyl (C=O) groups is 1. The van der Waals surface area contributed by atoms with Crippen LogP contribution >= 0.6 is 0 Å². The molecule has 0 spiro atoms. The summed E-state index contributed by atoms with van der Waals surface area (Å²) in [6.45, 7) is 4.17. The first-order chi connectivity index (χ1) is 9.65. The van der Waals surface area contributed by atoms with Crippen LogP contribution in [-0.4, -0.2) is 34.0 Å². The number of carbonyl (C=O) groups excluding carboxylic acids is 1. The SMILES string of the molecule is CC1CCCN(Nc2c(C(N)=O)cnc3[nH]ccc23)C1. The lowest BCUT2D eigenvalue weighted by atomic mass is 10.0. The molecular weight excluding hydrogens is 254 g/mol. The van der Waals surface area contributed by atoms with Gasteiger partial charge in [0.25, 0.3) is 5.91 Å². The molecule has 3 rings (SSSR count). The van der Waals surface area contributed by atoms with Gasteiger partial charge in [-0.3, -0.25) is 4.79 Å². The Balaban J connectivity index is 1.97. The summed E-state index contributed by atoms with van der Waals surface area (Å²) in [5.41, 5.74) is 10.7. The van der Waals surface area contributed by atoms with E-state index in [1.54, 1.807) is 0 Å². The van der Waals surface area contributed by atoms with Crippen molar-refractivity contribution >= 4 is 22.6 Å². The lowest BCUT2D eigenvalue weighted by molar-refractivity contribution is 0.100. The Hall–Kier alpha value is -2.08. The zero-order chi connectivity index (χ0) is 14.1. The molecule has 0 radical (unpaired) electrons. The fourth-order valence-corrected chi connectivity index (χ4v) is 2.76. The highest BCUT2D eigenvalue weighted by atomic mass is 16.1. The predicted molar refractivity (Wildman–Crippen MR) is 78.2 cm³/mol. The number of aromatic nitrogens is 2. The van der Waals surface area contributed by atoms with Gasteiger partial charge in [0.15, 0.2) is 0 Å². The highest BCUT2D eigenvalue weighted by Crippen LogP contribution is 2.27. The second-order valence-electron chi connectivity index (χ2n) is 5.46. The smallest absolute Gasteiger partial charge is 0.252 e. The van der Waals surface area contributed by atoms with Crippen molar-refractivity contribution in [1.82, 2.24) is 15.0 Å². The fourth-order valence-electron chi connectivity index (χ4n) is 2.76. The third-order valence-electron chi connectivity index (χ3n) is 3.78. The quantitative estimate of drug-likeness (QED) is 0.794. The molecule has 1 atom stereocenters. The molecule has 0 aromatic carbocycles. The van der Waals surface area contributed by atoms with Gasteiger partial charge >= 0.3 is 0 Å². The number of amides is 1. The first-order valence-electron chi connectivity index (χ1n) is 6.92. The third kappa shape index (κ3) is 2.34. The number of rotatable bonds is 3. The summed E-state index contributed by atoms with van der Waals surface area (Å²) in [6.07, 6.45) is 5.74. The van der Waals surface area contributed by atoms with Crippen LogP contribution in [0.1, 0.15) is 30.1 Å². The van der Waals surface area contributed by atoms with Crippen molar-refractivity contribution in [1.29, 1.82) is 0 Å². The van der Waals surface area contributed by atoms with E-state index < -0.39 is 5.91 Å².